The number of hydrogen-bond donors (Lipinski definition) is 1. The predicted molar refractivity (Wildman–Crippen MR) is 80.9 cm³/mol. The molecule has 1 amide bonds. The number of hydrogen-bond acceptors (Lipinski definition) is 4. The summed E-state index contributed by atoms with van der Waals surface area (Å²) in [5, 5.41) is 11.0. The number of halogens is 2. The topological polar surface area (TPSA) is 59.8 Å². The largest absolute Gasteiger partial charge is 0.323 e. The third kappa shape index (κ3) is 3.82. The number of aromatic nitrogens is 3. The number of aryl methyl sites for hydroxylation is 1. The summed E-state index contributed by atoms with van der Waals surface area (Å²) >= 11 is 1.21. The Balaban J connectivity index is 1.99. The lowest BCUT2D eigenvalue weighted by Gasteiger charge is -2.11. The second-order valence-corrected chi connectivity index (χ2v) is 5.90. The normalized spacial score (nSPS) is 11.0. The van der Waals surface area contributed by atoms with Crippen molar-refractivity contribution >= 4 is 23.4 Å². The van der Waals surface area contributed by atoms with Crippen LogP contribution in [0.15, 0.2) is 23.4 Å². The second-order valence-electron chi connectivity index (χ2n) is 4.95. The van der Waals surface area contributed by atoms with Gasteiger partial charge < -0.3 is 9.88 Å². The molecule has 2 aromatic rings. The molecule has 0 unspecified atom stereocenters. The van der Waals surface area contributed by atoms with Crippen LogP contribution in [0.3, 0.4) is 0 Å². The first-order chi connectivity index (χ1) is 10.4. The van der Waals surface area contributed by atoms with Crippen molar-refractivity contribution in [3.8, 4) is 0 Å². The average Bonchev–Trinajstić information content (AvgIpc) is 2.81. The molecular formula is C14H16F2N4OS. The number of amides is 1. The monoisotopic (exact) mass is 326 g/mol. The molecule has 0 aliphatic heterocycles. The van der Waals surface area contributed by atoms with E-state index in [0.717, 1.165) is 18.0 Å². The minimum Gasteiger partial charge on any atom is -0.323 e. The Bertz CT molecular complexity index is 687. The van der Waals surface area contributed by atoms with Gasteiger partial charge in [-0.1, -0.05) is 11.8 Å². The molecule has 0 bridgehead atoms. The smallest absolute Gasteiger partial charge is 0.234 e. The van der Waals surface area contributed by atoms with E-state index >= 15 is 0 Å². The minimum absolute atomic E-state index is 0.0477. The summed E-state index contributed by atoms with van der Waals surface area (Å²) in [6.07, 6.45) is 0. The second kappa shape index (κ2) is 6.87. The highest BCUT2D eigenvalue weighted by Gasteiger charge is 2.14. The third-order valence-electron chi connectivity index (χ3n) is 2.89. The molecule has 0 saturated carbocycles. The molecule has 118 valence electrons. The van der Waals surface area contributed by atoms with Crippen molar-refractivity contribution in [3.63, 3.8) is 0 Å². The lowest BCUT2D eigenvalue weighted by Crippen LogP contribution is -2.16. The van der Waals surface area contributed by atoms with Crippen LogP contribution in [0.25, 0.3) is 0 Å². The predicted octanol–water partition coefficient (Wildman–Crippen LogP) is 3.18. The van der Waals surface area contributed by atoms with Crippen LogP contribution in [0.2, 0.25) is 0 Å². The standard InChI is InChI=1S/C14H16F2N4OS/c1-8(2)20-9(3)18-19-14(20)22-7-13(21)17-12-5-4-10(15)6-11(12)16/h4-6,8H,7H2,1-3H3,(H,17,21). The number of benzene rings is 1. The molecule has 0 aliphatic carbocycles. The first-order valence-electron chi connectivity index (χ1n) is 6.67. The van der Waals surface area contributed by atoms with Gasteiger partial charge in [-0.2, -0.15) is 0 Å². The van der Waals surface area contributed by atoms with E-state index in [-0.39, 0.29) is 17.5 Å². The van der Waals surface area contributed by atoms with Crippen LogP contribution in [0.5, 0.6) is 0 Å². The van der Waals surface area contributed by atoms with Crippen molar-refractivity contribution in [2.24, 2.45) is 0 Å². The summed E-state index contributed by atoms with van der Waals surface area (Å²) in [6, 6.07) is 3.18. The van der Waals surface area contributed by atoms with E-state index in [1.54, 1.807) is 0 Å². The summed E-state index contributed by atoms with van der Waals surface area (Å²) < 4.78 is 28.2. The Morgan fingerprint density at radius 3 is 2.73 bits per heavy atom. The summed E-state index contributed by atoms with van der Waals surface area (Å²) in [4.78, 5) is 11.9. The Hall–Kier alpha value is -1.96. The third-order valence-corrected chi connectivity index (χ3v) is 3.83. The highest BCUT2D eigenvalue weighted by atomic mass is 32.2. The number of carbonyl (C=O) groups is 1. The van der Waals surface area contributed by atoms with Gasteiger partial charge in [0, 0.05) is 12.1 Å². The molecule has 8 heteroatoms. The molecule has 0 spiro atoms. The van der Waals surface area contributed by atoms with E-state index in [1.165, 1.54) is 17.8 Å². The van der Waals surface area contributed by atoms with Crippen LogP contribution in [0, 0.1) is 18.6 Å². The Kier molecular flexibility index (Phi) is 5.12. The number of thioether (sulfide) groups is 1. The van der Waals surface area contributed by atoms with E-state index < -0.39 is 17.5 Å². The van der Waals surface area contributed by atoms with E-state index in [9.17, 15) is 13.6 Å². The van der Waals surface area contributed by atoms with Crippen molar-refractivity contribution in [1.82, 2.24) is 14.8 Å². The van der Waals surface area contributed by atoms with E-state index in [0.29, 0.717) is 5.16 Å². The zero-order valence-electron chi connectivity index (χ0n) is 12.4. The number of rotatable bonds is 5. The van der Waals surface area contributed by atoms with Crippen LogP contribution in [0.4, 0.5) is 14.5 Å². The number of carbonyl (C=O) groups excluding carboxylic acids is 1. The molecule has 0 aliphatic rings. The lowest BCUT2D eigenvalue weighted by atomic mass is 10.3. The van der Waals surface area contributed by atoms with Crippen LogP contribution in [-0.4, -0.2) is 26.4 Å². The maximum Gasteiger partial charge on any atom is 0.234 e. The summed E-state index contributed by atoms with van der Waals surface area (Å²) in [7, 11) is 0. The molecule has 1 aromatic carbocycles. The van der Waals surface area contributed by atoms with Crippen molar-refractivity contribution in [2.45, 2.75) is 32.0 Å². The molecule has 1 aromatic heterocycles. The van der Waals surface area contributed by atoms with Gasteiger partial charge in [0.25, 0.3) is 0 Å². The summed E-state index contributed by atoms with van der Waals surface area (Å²) in [6.45, 7) is 5.83. The average molecular weight is 326 g/mol. The van der Waals surface area contributed by atoms with Gasteiger partial charge in [0.05, 0.1) is 11.4 Å². The van der Waals surface area contributed by atoms with Crippen LogP contribution in [-0.2, 0) is 4.79 Å². The first-order valence-corrected chi connectivity index (χ1v) is 7.66. The zero-order valence-corrected chi connectivity index (χ0v) is 13.2. The van der Waals surface area contributed by atoms with E-state index in [4.69, 9.17) is 0 Å². The Labute approximate surface area is 131 Å². The van der Waals surface area contributed by atoms with Gasteiger partial charge in [-0.25, -0.2) is 8.78 Å². The van der Waals surface area contributed by atoms with Gasteiger partial charge in [-0.05, 0) is 32.9 Å². The number of nitrogens with zero attached hydrogens (tertiary/aromatic N) is 3. The van der Waals surface area contributed by atoms with Crippen molar-refractivity contribution < 1.29 is 13.6 Å². The van der Waals surface area contributed by atoms with Crippen LogP contribution >= 0.6 is 11.8 Å². The van der Waals surface area contributed by atoms with E-state index in [2.05, 4.69) is 15.5 Å². The molecule has 0 fully saturated rings. The highest BCUT2D eigenvalue weighted by molar-refractivity contribution is 7.99. The Morgan fingerprint density at radius 2 is 2.09 bits per heavy atom. The molecule has 22 heavy (non-hydrogen) atoms. The van der Waals surface area contributed by atoms with Crippen molar-refractivity contribution in [2.75, 3.05) is 11.1 Å². The van der Waals surface area contributed by atoms with Gasteiger partial charge in [-0.3, -0.25) is 4.79 Å². The van der Waals surface area contributed by atoms with Gasteiger partial charge in [0.15, 0.2) is 5.16 Å². The van der Waals surface area contributed by atoms with Gasteiger partial charge in [0.2, 0.25) is 5.91 Å². The van der Waals surface area contributed by atoms with Crippen LogP contribution < -0.4 is 5.32 Å². The van der Waals surface area contributed by atoms with Gasteiger partial charge in [0.1, 0.15) is 17.5 Å². The lowest BCUT2D eigenvalue weighted by molar-refractivity contribution is -0.113. The maximum absolute atomic E-state index is 13.5. The molecule has 0 radical (unpaired) electrons. The maximum atomic E-state index is 13.5. The molecule has 1 heterocycles. The molecule has 2 rings (SSSR count). The fourth-order valence-corrected chi connectivity index (χ4v) is 2.86. The summed E-state index contributed by atoms with van der Waals surface area (Å²) in [5.41, 5.74) is -0.0477. The van der Waals surface area contributed by atoms with Crippen molar-refractivity contribution in [1.29, 1.82) is 0 Å². The highest BCUT2D eigenvalue weighted by Crippen LogP contribution is 2.22. The zero-order chi connectivity index (χ0) is 16.3. The molecule has 1 N–H and O–H groups in total. The fraction of sp³-hybridized carbons (Fsp3) is 0.357. The molecular weight excluding hydrogens is 310 g/mol. The van der Waals surface area contributed by atoms with Gasteiger partial charge in [-0.15, -0.1) is 10.2 Å². The quantitative estimate of drug-likeness (QED) is 0.857. The van der Waals surface area contributed by atoms with Crippen LogP contribution in [0.1, 0.15) is 25.7 Å². The number of anilines is 1. The SMILES string of the molecule is Cc1nnc(SCC(=O)Nc2ccc(F)cc2F)n1C(C)C. The first kappa shape index (κ1) is 16.4. The molecule has 5 nitrogen and oxygen atoms in total. The van der Waals surface area contributed by atoms with Crippen molar-refractivity contribution in [3.05, 3.63) is 35.7 Å². The number of nitrogens with one attached hydrogen (secondary N) is 1. The minimum atomic E-state index is -0.806. The Morgan fingerprint density at radius 1 is 1.36 bits per heavy atom. The molecule has 0 atom stereocenters. The summed E-state index contributed by atoms with van der Waals surface area (Å²) in [5.74, 6) is -1.07. The fourth-order valence-electron chi connectivity index (χ4n) is 1.95. The molecule has 0 saturated heterocycles. The van der Waals surface area contributed by atoms with E-state index in [1.807, 2.05) is 25.3 Å². The van der Waals surface area contributed by atoms with Gasteiger partial charge >= 0.3 is 0 Å².